The molecule has 0 aromatic heterocycles. The van der Waals surface area contributed by atoms with Crippen molar-refractivity contribution in [1.82, 2.24) is 4.47 Å². The summed E-state index contributed by atoms with van der Waals surface area (Å²) in [6.45, 7) is 0. The van der Waals surface area contributed by atoms with Gasteiger partial charge in [0.05, 0.1) is 12.0 Å². The van der Waals surface area contributed by atoms with Gasteiger partial charge >= 0.3 is 0 Å². The summed E-state index contributed by atoms with van der Waals surface area (Å²) in [5, 5.41) is 2.61. The van der Waals surface area contributed by atoms with Crippen molar-refractivity contribution >= 4 is 27.7 Å². The number of hydrogen-bond donors (Lipinski definition) is 1. The molecule has 1 N–H and O–H groups in total. The largest absolute Gasteiger partial charge is 0.323 e. The van der Waals surface area contributed by atoms with Crippen molar-refractivity contribution in [3.8, 4) is 0 Å². The zero-order valence-electron chi connectivity index (χ0n) is 13.6. The topological polar surface area (TPSA) is 75.7 Å². The maximum atomic E-state index is 12.8. The Bertz CT molecular complexity index is 863. The third kappa shape index (κ3) is 4.96. The van der Waals surface area contributed by atoms with Crippen LogP contribution < -0.4 is 5.32 Å². The predicted molar refractivity (Wildman–Crippen MR) is 92.5 cm³/mol. The van der Waals surface area contributed by atoms with E-state index in [1.807, 2.05) is 0 Å². The first kappa shape index (κ1) is 18.8. The van der Waals surface area contributed by atoms with E-state index < -0.39 is 15.9 Å². The van der Waals surface area contributed by atoms with E-state index in [1.54, 1.807) is 18.2 Å². The highest BCUT2D eigenvalue weighted by Crippen LogP contribution is 2.17. The lowest BCUT2D eigenvalue weighted by Gasteiger charge is -2.14. The van der Waals surface area contributed by atoms with Gasteiger partial charge in [0.2, 0.25) is 5.91 Å². The van der Waals surface area contributed by atoms with Crippen LogP contribution in [0.25, 0.3) is 6.08 Å². The van der Waals surface area contributed by atoms with Gasteiger partial charge in [0.25, 0.3) is 10.0 Å². The zero-order valence-corrected chi connectivity index (χ0v) is 14.5. The minimum absolute atomic E-state index is 0.0386. The molecule has 0 saturated heterocycles. The van der Waals surface area contributed by atoms with Crippen LogP contribution in [0.3, 0.4) is 0 Å². The number of sulfonamides is 1. The summed E-state index contributed by atoms with van der Waals surface area (Å²) in [5.74, 6) is -0.746. The van der Waals surface area contributed by atoms with Gasteiger partial charge in [0.15, 0.2) is 0 Å². The van der Waals surface area contributed by atoms with Crippen LogP contribution in [0.5, 0.6) is 0 Å². The molecule has 0 heterocycles. The molecule has 0 aliphatic heterocycles. The van der Waals surface area contributed by atoms with E-state index in [2.05, 4.69) is 10.2 Å². The summed E-state index contributed by atoms with van der Waals surface area (Å²) in [6, 6.07) is 11.4. The lowest BCUT2D eigenvalue weighted by atomic mass is 10.2. The van der Waals surface area contributed by atoms with Crippen molar-refractivity contribution in [3.63, 3.8) is 0 Å². The van der Waals surface area contributed by atoms with Crippen LogP contribution in [0.4, 0.5) is 10.1 Å². The van der Waals surface area contributed by atoms with Crippen molar-refractivity contribution in [1.29, 1.82) is 0 Å². The Balaban J connectivity index is 2.03. The van der Waals surface area contributed by atoms with E-state index in [1.165, 1.54) is 56.6 Å². The van der Waals surface area contributed by atoms with Crippen LogP contribution in [0.1, 0.15) is 5.56 Å². The smallest absolute Gasteiger partial charge is 0.264 e. The summed E-state index contributed by atoms with van der Waals surface area (Å²) >= 11 is 0. The zero-order chi connectivity index (χ0) is 18.4. The molecule has 0 aliphatic rings. The fourth-order valence-corrected chi connectivity index (χ4v) is 2.86. The fourth-order valence-electron chi connectivity index (χ4n) is 1.89. The predicted octanol–water partition coefficient (Wildman–Crippen LogP) is 2.66. The Kier molecular flexibility index (Phi) is 6.02. The molecule has 1 amide bonds. The minimum atomic E-state index is -3.73. The number of halogens is 1. The molecule has 132 valence electrons. The first-order valence-corrected chi connectivity index (χ1v) is 8.64. The molecule has 6 nitrogen and oxygen atoms in total. The Morgan fingerprint density at radius 2 is 1.72 bits per heavy atom. The highest BCUT2D eigenvalue weighted by molar-refractivity contribution is 7.89. The SMILES string of the molecule is CON(C)S(=O)(=O)c1ccc(NC(=O)C=Cc2ccc(F)cc2)cc1. The van der Waals surface area contributed by atoms with Crippen LogP contribution in [-0.4, -0.2) is 33.0 Å². The van der Waals surface area contributed by atoms with Crippen molar-refractivity contribution in [2.24, 2.45) is 0 Å². The summed E-state index contributed by atoms with van der Waals surface area (Å²) in [5.41, 5.74) is 1.12. The summed E-state index contributed by atoms with van der Waals surface area (Å²) < 4.78 is 37.7. The Hall–Kier alpha value is -2.55. The lowest BCUT2D eigenvalue weighted by Crippen LogP contribution is -2.25. The molecular formula is C17H17FN2O4S. The summed E-state index contributed by atoms with van der Waals surface area (Å²) in [6.07, 6.45) is 2.84. The monoisotopic (exact) mass is 364 g/mol. The van der Waals surface area contributed by atoms with Crippen LogP contribution >= 0.6 is 0 Å². The molecule has 25 heavy (non-hydrogen) atoms. The summed E-state index contributed by atoms with van der Waals surface area (Å²) in [4.78, 5) is 16.6. The molecule has 0 saturated carbocycles. The Labute approximate surface area is 145 Å². The maximum absolute atomic E-state index is 12.8. The number of carbonyl (C=O) groups is 1. The molecule has 0 bridgehead atoms. The van der Waals surface area contributed by atoms with Crippen molar-refractivity contribution in [2.75, 3.05) is 19.5 Å². The molecule has 2 aromatic rings. The van der Waals surface area contributed by atoms with Gasteiger partial charge in [-0.1, -0.05) is 16.6 Å². The molecule has 0 fully saturated rings. The van der Waals surface area contributed by atoms with Crippen molar-refractivity contribution < 1.29 is 22.4 Å². The van der Waals surface area contributed by atoms with Crippen molar-refractivity contribution in [3.05, 3.63) is 66.0 Å². The van der Waals surface area contributed by atoms with Gasteiger partial charge in [0, 0.05) is 18.8 Å². The molecule has 0 spiro atoms. The average molecular weight is 364 g/mol. The molecule has 0 radical (unpaired) electrons. The van der Waals surface area contributed by atoms with E-state index in [0.29, 0.717) is 11.3 Å². The fraction of sp³-hybridized carbons (Fsp3) is 0.118. The highest BCUT2D eigenvalue weighted by Gasteiger charge is 2.20. The van der Waals surface area contributed by atoms with Gasteiger partial charge in [-0.25, -0.2) is 12.8 Å². The first-order valence-electron chi connectivity index (χ1n) is 7.20. The number of hydrogen-bond acceptors (Lipinski definition) is 4. The van der Waals surface area contributed by atoms with Crippen LogP contribution in [-0.2, 0) is 19.7 Å². The second kappa shape index (κ2) is 8.02. The van der Waals surface area contributed by atoms with Gasteiger partial charge in [-0.05, 0) is 48.0 Å². The number of amides is 1. The lowest BCUT2D eigenvalue weighted by molar-refractivity contribution is -0.111. The number of nitrogens with zero attached hydrogens (tertiary/aromatic N) is 1. The molecular weight excluding hydrogens is 347 g/mol. The van der Waals surface area contributed by atoms with E-state index in [9.17, 15) is 17.6 Å². The standard InChI is InChI=1S/C17H17FN2O4S/c1-20(24-2)25(22,23)16-10-8-15(9-11-16)19-17(21)12-5-13-3-6-14(18)7-4-13/h3-12H,1-2H3,(H,19,21). The maximum Gasteiger partial charge on any atom is 0.264 e. The van der Waals surface area contributed by atoms with E-state index >= 15 is 0 Å². The number of rotatable bonds is 6. The number of nitrogens with one attached hydrogen (secondary N) is 1. The van der Waals surface area contributed by atoms with E-state index in [-0.39, 0.29) is 10.7 Å². The van der Waals surface area contributed by atoms with Crippen LogP contribution in [0, 0.1) is 5.82 Å². The van der Waals surface area contributed by atoms with E-state index in [0.717, 1.165) is 4.47 Å². The Morgan fingerprint density at radius 3 is 2.28 bits per heavy atom. The van der Waals surface area contributed by atoms with Gasteiger partial charge in [-0.3, -0.25) is 9.63 Å². The third-order valence-corrected chi connectivity index (χ3v) is 5.01. The van der Waals surface area contributed by atoms with Crippen LogP contribution in [0.2, 0.25) is 0 Å². The number of carbonyl (C=O) groups excluding carboxylic acids is 1. The van der Waals surface area contributed by atoms with Gasteiger partial charge in [-0.2, -0.15) is 0 Å². The average Bonchev–Trinajstić information content (AvgIpc) is 2.61. The minimum Gasteiger partial charge on any atom is -0.323 e. The second-order valence-corrected chi connectivity index (χ2v) is 6.93. The molecule has 2 rings (SSSR count). The molecule has 0 unspecified atom stereocenters. The third-order valence-electron chi connectivity index (χ3n) is 3.31. The molecule has 8 heteroatoms. The molecule has 0 aliphatic carbocycles. The number of benzene rings is 2. The molecule has 0 atom stereocenters. The van der Waals surface area contributed by atoms with Gasteiger partial charge in [-0.15, -0.1) is 0 Å². The van der Waals surface area contributed by atoms with Crippen LogP contribution in [0.15, 0.2) is 59.5 Å². The number of anilines is 1. The second-order valence-electron chi connectivity index (χ2n) is 5.00. The number of hydroxylamine groups is 1. The summed E-state index contributed by atoms with van der Waals surface area (Å²) in [7, 11) is -1.20. The quantitative estimate of drug-likeness (QED) is 0.632. The van der Waals surface area contributed by atoms with E-state index in [4.69, 9.17) is 0 Å². The highest BCUT2D eigenvalue weighted by atomic mass is 32.2. The van der Waals surface area contributed by atoms with Gasteiger partial charge < -0.3 is 5.32 Å². The molecule has 2 aromatic carbocycles. The first-order chi connectivity index (χ1) is 11.8. The van der Waals surface area contributed by atoms with Crippen molar-refractivity contribution in [2.45, 2.75) is 4.90 Å². The Morgan fingerprint density at radius 1 is 1.12 bits per heavy atom. The normalized spacial score (nSPS) is 11.8. The van der Waals surface area contributed by atoms with Gasteiger partial charge in [0.1, 0.15) is 5.82 Å².